The number of benzene rings is 1. The summed E-state index contributed by atoms with van der Waals surface area (Å²) in [6, 6.07) is 4.06. The predicted octanol–water partition coefficient (Wildman–Crippen LogP) is 2.88. The van der Waals surface area contributed by atoms with E-state index < -0.39 is 0 Å². The molecule has 2 N–H and O–H groups in total. The van der Waals surface area contributed by atoms with Crippen LogP contribution in [0.1, 0.15) is 25.5 Å². The minimum absolute atomic E-state index is 0.0173. The van der Waals surface area contributed by atoms with Crippen molar-refractivity contribution in [3.8, 4) is 0 Å². The average Bonchev–Trinajstić information content (AvgIpc) is 2.75. The Kier molecular flexibility index (Phi) is 4.08. The molecule has 0 aromatic heterocycles. The molecule has 3 atom stereocenters. The van der Waals surface area contributed by atoms with E-state index in [1.165, 1.54) is 0 Å². The predicted molar refractivity (Wildman–Crippen MR) is 90.6 cm³/mol. The van der Waals surface area contributed by atoms with Crippen LogP contribution in [0.2, 0.25) is 5.02 Å². The molecule has 0 spiro atoms. The van der Waals surface area contributed by atoms with Crippen LogP contribution in [-0.2, 0) is 4.79 Å². The van der Waals surface area contributed by atoms with Crippen LogP contribution in [0.4, 0.5) is 11.4 Å². The van der Waals surface area contributed by atoms with Crippen LogP contribution >= 0.6 is 23.4 Å². The van der Waals surface area contributed by atoms with E-state index >= 15 is 0 Å². The maximum Gasteiger partial charge on any atom is 0.246 e. The van der Waals surface area contributed by atoms with E-state index in [9.17, 15) is 4.79 Å². The van der Waals surface area contributed by atoms with Crippen molar-refractivity contribution in [2.24, 2.45) is 0 Å². The number of carbonyl (C=O) groups is 1. The SMILES string of the molecule is CNC1C(=O)Nc2cc(N3CCSC(C)C3C)c(Cl)cc21. The van der Waals surface area contributed by atoms with E-state index in [2.05, 4.69) is 29.4 Å². The normalized spacial score (nSPS) is 28.5. The molecule has 1 fully saturated rings. The summed E-state index contributed by atoms with van der Waals surface area (Å²) in [5, 5.41) is 7.25. The first-order valence-electron chi connectivity index (χ1n) is 7.22. The van der Waals surface area contributed by atoms with E-state index in [4.69, 9.17) is 11.6 Å². The third kappa shape index (κ3) is 2.51. The van der Waals surface area contributed by atoms with Crippen LogP contribution < -0.4 is 15.5 Å². The number of hydrogen-bond donors (Lipinski definition) is 2. The monoisotopic (exact) mass is 325 g/mol. The summed E-state index contributed by atoms with van der Waals surface area (Å²) in [5.41, 5.74) is 2.83. The lowest BCUT2D eigenvalue weighted by Gasteiger charge is -2.39. The van der Waals surface area contributed by atoms with E-state index in [1.807, 2.05) is 23.9 Å². The number of nitrogens with zero attached hydrogens (tertiary/aromatic N) is 1. The Bertz CT molecular complexity index is 580. The molecular weight excluding hydrogens is 306 g/mol. The average molecular weight is 326 g/mol. The highest BCUT2D eigenvalue weighted by molar-refractivity contribution is 8.00. The summed E-state index contributed by atoms with van der Waals surface area (Å²) < 4.78 is 0. The summed E-state index contributed by atoms with van der Waals surface area (Å²) in [6.45, 7) is 5.47. The minimum atomic E-state index is -0.306. The summed E-state index contributed by atoms with van der Waals surface area (Å²) in [5.74, 6) is 1.08. The molecule has 2 heterocycles. The van der Waals surface area contributed by atoms with Crippen LogP contribution in [0.5, 0.6) is 0 Å². The van der Waals surface area contributed by atoms with Gasteiger partial charge in [0.05, 0.1) is 10.7 Å². The van der Waals surface area contributed by atoms with Gasteiger partial charge in [-0.1, -0.05) is 18.5 Å². The fourth-order valence-corrected chi connectivity index (χ4v) is 4.43. The number of likely N-dealkylation sites (N-methyl/N-ethyl adjacent to an activating group) is 1. The van der Waals surface area contributed by atoms with Crippen molar-refractivity contribution in [2.45, 2.75) is 31.2 Å². The Morgan fingerprint density at radius 2 is 2.19 bits per heavy atom. The van der Waals surface area contributed by atoms with E-state index in [1.54, 1.807) is 7.05 Å². The van der Waals surface area contributed by atoms with Crippen molar-refractivity contribution in [2.75, 3.05) is 29.6 Å². The van der Waals surface area contributed by atoms with Crippen molar-refractivity contribution < 1.29 is 4.79 Å². The van der Waals surface area contributed by atoms with Crippen molar-refractivity contribution in [3.63, 3.8) is 0 Å². The molecule has 1 aromatic rings. The van der Waals surface area contributed by atoms with Crippen molar-refractivity contribution in [3.05, 3.63) is 22.7 Å². The minimum Gasteiger partial charge on any atom is -0.366 e. The van der Waals surface area contributed by atoms with Crippen LogP contribution in [0.25, 0.3) is 0 Å². The lowest BCUT2D eigenvalue weighted by molar-refractivity contribution is -0.117. The largest absolute Gasteiger partial charge is 0.366 e. The maximum atomic E-state index is 11.9. The number of nitrogens with one attached hydrogen (secondary N) is 2. The zero-order valence-electron chi connectivity index (χ0n) is 12.4. The standard InChI is InChI=1S/C15H20ClN3OS/c1-8-9(2)21-5-4-19(8)13-7-12-10(6-11(13)16)14(17-3)15(20)18-12/h6-9,14,17H,4-5H2,1-3H3,(H,18,20). The number of rotatable bonds is 2. The Hall–Kier alpha value is -0.910. The summed E-state index contributed by atoms with van der Waals surface area (Å²) in [6.07, 6.45) is 0. The highest BCUT2D eigenvalue weighted by atomic mass is 35.5. The molecule has 4 nitrogen and oxygen atoms in total. The molecule has 3 rings (SSSR count). The molecule has 1 saturated heterocycles. The van der Waals surface area contributed by atoms with Gasteiger partial charge in [-0.05, 0) is 26.1 Å². The molecule has 3 unspecified atom stereocenters. The molecule has 1 aromatic carbocycles. The van der Waals surface area contributed by atoms with Gasteiger partial charge in [-0.15, -0.1) is 0 Å². The molecule has 0 aliphatic carbocycles. The van der Waals surface area contributed by atoms with Gasteiger partial charge in [-0.25, -0.2) is 0 Å². The maximum absolute atomic E-state index is 11.9. The van der Waals surface area contributed by atoms with Gasteiger partial charge in [0.1, 0.15) is 6.04 Å². The van der Waals surface area contributed by atoms with E-state index in [0.29, 0.717) is 11.3 Å². The number of carbonyl (C=O) groups excluding carboxylic acids is 1. The van der Waals surface area contributed by atoms with Crippen LogP contribution in [0.15, 0.2) is 12.1 Å². The number of hydrogen-bond acceptors (Lipinski definition) is 4. The van der Waals surface area contributed by atoms with Gasteiger partial charge in [0.2, 0.25) is 5.91 Å². The number of thioether (sulfide) groups is 1. The van der Waals surface area contributed by atoms with Crippen LogP contribution in [-0.4, -0.2) is 36.5 Å². The van der Waals surface area contributed by atoms with Gasteiger partial charge < -0.3 is 15.5 Å². The van der Waals surface area contributed by atoms with Crippen molar-refractivity contribution in [1.82, 2.24) is 5.32 Å². The Morgan fingerprint density at radius 1 is 1.43 bits per heavy atom. The van der Waals surface area contributed by atoms with Gasteiger partial charge in [-0.2, -0.15) is 11.8 Å². The topological polar surface area (TPSA) is 44.4 Å². The van der Waals surface area contributed by atoms with Gasteiger partial charge in [0.15, 0.2) is 0 Å². The second kappa shape index (κ2) is 5.71. The molecule has 21 heavy (non-hydrogen) atoms. The molecular formula is C15H20ClN3OS. The van der Waals surface area contributed by atoms with Crippen LogP contribution in [0.3, 0.4) is 0 Å². The Balaban J connectivity index is 1.99. The van der Waals surface area contributed by atoms with Gasteiger partial charge in [0.25, 0.3) is 0 Å². The summed E-state index contributed by atoms with van der Waals surface area (Å²) >= 11 is 8.50. The molecule has 0 bridgehead atoms. The third-order valence-electron chi connectivity index (χ3n) is 4.43. The first-order valence-corrected chi connectivity index (χ1v) is 8.65. The molecule has 1 amide bonds. The summed E-state index contributed by atoms with van der Waals surface area (Å²) in [7, 11) is 1.78. The number of fused-ring (bicyclic) bond motifs is 1. The second-order valence-corrected chi connectivity index (χ2v) is 7.50. The Morgan fingerprint density at radius 3 is 2.90 bits per heavy atom. The van der Waals surface area contributed by atoms with Gasteiger partial charge in [0, 0.05) is 34.8 Å². The summed E-state index contributed by atoms with van der Waals surface area (Å²) in [4.78, 5) is 14.3. The number of anilines is 2. The first-order chi connectivity index (χ1) is 10.0. The molecule has 114 valence electrons. The van der Waals surface area contributed by atoms with Gasteiger partial charge in [-0.3, -0.25) is 4.79 Å². The zero-order valence-corrected chi connectivity index (χ0v) is 14.0. The fraction of sp³-hybridized carbons (Fsp3) is 0.533. The lowest BCUT2D eigenvalue weighted by atomic mass is 10.1. The first kappa shape index (κ1) is 15.0. The smallest absolute Gasteiger partial charge is 0.246 e. The van der Waals surface area contributed by atoms with Crippen molar-refractivity contribution >= 4 is 40.6 Å². The molecule has 0 saturated carbocycles. The number of halogens is 1. The Labute approximate surface area is 134 Å². The van der Waals surface area contributed by atoms with E-state index in [0.717, 1.165) is 34.3 Å². The van der Waals surface area contributed by atoms with Gasteiger partial charge >= 0.3 is 0 Å². The molecule has 0 radical (unpaired) electrons. The zero-order chi connectivity index (χ0) is 15.1. The van der Waals surface area contributed by atoms with E-state index in [-0.39, 0.29) is 11.9 Å². The quantitative estimate of drug-likeness (QED) is 0.877. The lowest BCUT2D eigenvalue weighted by Crippen LogP contribution is -2.44. The molecule has 6 heteroatoms. The number of amides is 1. The highest BCUT2D eigenvalue weighted by Gasteiger charge is 2.32. The van der Waals surface area contributed by atoms with Crippen LogP contribution in [0, 0.1) is 0 Å². The van der Waals surface area contributed by atoms with Crippen molar-refractivity contribution in [1.29, 1.82) is 0 Å². The second-order valence-electron chi connectivity index (χ2n) is 5.61. The fourth-order valence-electron chi connectivity index (χ4n) is 3.05. The third-order valence-corrected chi connectivity index (χ3v) is 6.07. The molecule has 2 aliphatic rings. The molecule has 2 aliphatic heterocycles. The highest BCUT2D eigenvalue weighted by Crippen LogP contribution is 2.41.